The van der Waals surface area contributed by atoms with Crippen LogP contribution in [0, 0.1) is 5.82 Å². The van der Waals surface area contributed by atoms with Crippen LogP contribution in [-0.2, 0) is 4.74 Å². The number of carbonyl (C=O) groups excluding carboxylic acids is 2. The maximum Gasteiger partial charge on any atom is 0.413 e. The van der Waals surface area contributed by atoms with E-state index in [1.54, 1.807) is 6.07 Å². The summed E-state index contributed by atoms with van der Waals surface area (Å²) in [5, 5.41) is 6.27. The number of hydrogen-bond acceptors (Lipinski definition) is 6. The Labute approximate surface area is 168 Å². The van der Waals surface area contributed by atoms with Crippen molar-refractivity contribution >= 4 is 23.5 Å². The van der Waals surface area contributed by atoms with Gasteiger partial charge in [0.2, 0.25) is 0 Å². The van der Waals surface area contributed by atoms with E-state index in [9.17, 15) is 22.8 Å². The van der Waals surface area contributed by atoms with Crippen molar-refractivity contribution in [2.75, 3.05) is 18.6 Å². The molecule has 0 bridgehead atoms. The topological polar surface area (TPSA) is 88.8 Å². The molecule has 1 atom stereocenters. The van der Waals surface area contributed by atoms with Crippen LogP contribution in [0.1, 0.15) is 28.5 Å². The normalized spacial score (nSPS) is 17.9. The third-order valence-corrected chi connectivity index (χ3v) is 4.78. The molecule has 30 heavy (non-hydrogen) atoms. The molecule has 156 valence electrons. The number of nitrogens with one attached hydrogen (secondary N) is 1. The van der Waals surface area contributed by atoms with Crippen molar-refractivity contribution in [3.63, 3.8) is 0 Å². The minimum Gasteiger partial charge on any atom is -0.453 e. The van der Waals surface area contributed by atoms with Crippen LogP contribution in [-0.4, -0.2) is 46.2 Å². The van der Waals surface area contributed by atoms with Crippen molar-refractivity contribution in [3.8, 4) is 0 Å². The zero-order chi connectivity index (χ0) is 21.5. The van der Waals surface area contributed by atoms with Gasteiger partial charge in [0, 0.05) is 6.42 Å². The zero-order valence-electron chi connectivity index (χ0n) is 15.7. The fraction of sp³-hybridized carbons (Fsp3) is 0.263. The molecule has 0 unspecified atom stereocenters. The van der Waals surface area contributed by atoms with Gasteiger partial charge in [-0.2, -0.15) is 0 Å². The molecule has 3 aromatic rings. The summed E-state index contributed by atoms with van der Waals surface area (Å²) in [5.74, 6) is -4.19. The smallest absolute Gasteiger partial charge is 0.413 e. The Morgan fingerprint density at radius 2 is 2.07 bits per heavy atom. The third-order valence-electron chi connectivity index (χ3n) is 4.78. The third kappa shape index (κ3) is 3.65. The summed E-state index contributed by atoms with van der Waals surface area (Å²) in [7, 11) is 1.10. The highest BCUT2D eigenvalue weighted by Gasteiger charge is 2.46. The van der Waals surface area contributed by atoms with E-state index in [1.165, 1.54) is 41.4 Å². The van der Waals surface area contributed by atoms with Gasteiger partial charge in [0.15, 0.2) is 11.3 Å². The number of aromatic nitrogens is 3. The molecule has 2 amide bonds. The van der Waals surface area contributed by atoms with Gasteiger partial charge in [-0.15, -0.1) is 5.10 Å². The van der Waals surface area contributed by atoms with Crippen LogP contribution in [0.25, 0.3) is 5.65 Å². The Bertz CT molecular complexity index is 1130. The number of alkyl halides is 2. The summed E-state index contributed by atoms with van der Waals surface area (Å²) < 4.78 is 47.7. The second-order valence-corrected chi connectivity index (χ2v) is 6.81. The van der Waals surface area contributed by atoms with E-state index in [0.717, 1.165) is 11.6 Å². The van der Waals surface area contributed by atoms with Crippen molar-refractivity contribution in [1.82, 2.24) is 19.9 Å². The number of imide groups is 1. The van der Waals surface area contributed by atoms with Crippen LogP contribution in [0.4, 0.5) is 23.8 Å². The predicted molar refractivity (Wildman–Crippen MR) is 98.9 cm³/mol. The zero-order valence-corrected chi connectivity index (χ0v) is 15.7. The van der Waals surface area contributed by atoms with Gasteiger partial charge in [0.05, 0.1) is 25.9 Å². The number of halogens is 3. The SMILES string of the molecule is COC(=O)NC(=O)c1cnc2ccc(N3CC(F)(F)C[C@@H]3c3cccc(F)c3)nn12. The first-order valence-corrected chi connectivity index (χ1v) is 8.91. The number of carbonyl (C=O) groups is 2. The van der Waals surface area contributed by atoms with Crippen molar-refractivity contribution in [2.45, 2.75) is 18.4 Å². The van der Waals surface area contributed by atoms with Gasteiger partial charge in [0.1, 0.15) is 11.6 Å². The number of nitrogens with zero attached hydrogens (tertiary/aromatic N) is 4. The average Bonchev–Trinajstić information content (AvgIpc) is 3.27. The number of anilines is 1. The molecule has 0 radical (unpaired) electrons. The number of rotatable bonds is 3. The highest BCUT2D eigenvalue weighted by atomic mass is 19.3. The predicted octanol–water partition coefficient (Wildman–Crippen LogP) is 2.95. The number of ether oxygens (including phenoxy) is 1. The largest absolute Gasteiger partial charge is 0.453 e. The first-order valence-electron chi connectivity index (χ1n) is 8.91. The van der Waals surface area contributed by atoms with Crippen LogP contribution >= 0.6 is 0 Å². The average molecular weight is 419 g/mol. The van der Waals surface area contributed by atoms with Crippen LogP contribution in [0.15, 0.2) is 42.6 Å². The van der Waals surface area contributed by atoms with Crippen LogP contribution in [0.2, 0.25) is 0 Å². The lowest BCUT2D eigenvalue weighted by Gasteiger charge is -2.25. The van der Waals surface area contributed by atoms with E-state index in [-0.39, 0.29) is 17.2 Å². The van der Waals surface area contributed by atoms with Gasteiger partial charge < -0.3 is 9.64 Å². The fourth-order valence-corrected chi connectivity index (χ4v) is 3.45. The first kappa shape index (κ1) is 19.7. The lowest BCUT2D eigenvalue weighted by atomic mass is 10.0. The number of alkyl carbamates (subject to hydrolysis) is 1. The minimum absolute atomic E-state index is 0.0782. The summed E-state index contributed by atoms with van der Waals surface area (Å²) in [5.41, 5.74) is 0.593. The minimum atomic E-state index is -3.01. The molecule has 2 aromatic heterocycles. The molecule has 1 aliphatic heterocycles. The molecule has 11 heteroatoms. The maximum atomic E-state index is 14.3. The standard InChI is InChI=1S/C19H16F3N5O3/c1-30-18(29)24-17(28)14-9-23-15-5-6-16(25-27(14)15)26-10-19(21,22)8-13(26)11-3-2-4-12(20)7-11/h2-7,9,13H,8,10H2,1H3,(H,24,28,29)/t13-/m1/s1. The molecular formula is C19H16F3N5O3. The van der Waals surface area contributed by atoms with E-state index in [4.69, 9.17) is 0 Å². The quantitative estimate of drug-likeness (QED) is 0.702. The molecule has 1 aromatic carbocycles. The van der Waals surface area contributed by atoms with Gasteiger partial charge in [-0.05, 0) is 29.8 Å². The van der Waals surface area contributed by atoms with Crippen molar-refractivity contribution in [1.29, 1.82) is 0 Å². The number of hydrogen-bond donors (Lipinski definition) is 1. The maximum absolute atomic E-state index is 14.3. The molecule has 1 saturated heterocycles. The highest BCUT2D eigenvalue weighted by molar-refractivity contribution is 6.02. The summed E-state index contributed by atoms with van der Waals surface area (Å²) in [6.07, 6.45) is -0.264. The fourth-order valence-electron chi connectivity index (χ4n) is 3.45. The van der Waals surface area contributed by atoms with Crippen LogP contribution < -0.4 is 10.2 Å². The van der Waals surface area contributed by atoms with Gasteiger partial charge in [0.25, 0.3) is 11.8 Å². The molecular weight excluding hydrogens is 403 g/mol. The molecule has 1 N–H and O–H groups in total. The summed E-state index contributed by atoms with van der Waals surface area (Å²) in [4.78, 5) is 28.9. The second-order valence-electron chi connectivity index (χ2n) is 6.81. The first-order chi connectivity index (χ1) is 14.3. The van der Waals surface area contributed by atoms with E-state index in [1.807, 2.05) is 5.32 Å². The number of amides is 2. The Hall–Kier alpha value is -3.63. The Balaban J connectivity index is 1.73. The molecule has 4 rings (SSSR count). The Morgan fingerprint density at radius 1 is 1.27 bits per heavy atom. The van der Waals surface area contributed by atoms with E-state index in [2.05, 4.69) is 14.8 Å². The Morgan fingerprint density at radius 3 is 2.80 bits per heavy atom. The summed E-state index contributed by atoms with van der Waals surface area (Å²) in [6, 6.07) is 7.69. The van der Waals surface area contributed by atoms with Crippen LogP contribution in [0.3, 0.4) is 0 Å². The van der Waals surface area contributed by atoms with Gasteiger partial charge in [-0.25, -0.2) is 27.5 Å². The molecule has 3 heterocycles. The molecule has 0 saturated carbocycles. The van der Waals surface area contributed by atoms with Gasteiger partial charge in [-0.3, -0.25) is 10.1 Å². The monoisotopic (exact) mass is 419 g/mol. The van der Waals surface area contributed by atoms with Crippen molar-refractivity contribution in [2.24, 2.45) is 0 Å². The van der Waals surface area contributed by atoms with E-state index >= 15 is 0 Å². The second kappa shape index (κ2) is 7.32. The highest BCUT2D eigenvalue weighted by Crippen LogP contribution is 2.43. The lowest BCUT2D eigenvalue weighted by molar-refractivity contribution is 0.0222. The number of fused-ring (bicyclic) bond motifs is 1. The van der Waals surface area contributed by atoms with Gasteiger partial charge in [-0.1, -0.05) is 12.1 Å². The van der Waals surface area contributed by atoms with E-state index < -0.39 is 42.7 Å². The van der Waals surface area contributed by atoms with Gasteiger partial charge >= 0.3 is 6.09 Å². The molecule has 0 aliphatic carbocycles. The van der Waals surface area contributed by atoms with E-state index in [0.29, 0.717) is 5.56 Å². The lowest BCUT2D eigenvalue weighted by Crippen LogP contribution is -2.31. The number of benzene rings is 1. The molecule has 0 spiro atoms. The molecule has 1 fully saturated rings. The molecule has 8 nitrogen and oxygen atoms in total. The van der Waals surface area contributed by atoms with Crippen LogP contribution in [0.5, 0.6) is 0 Å². The van der Waals surface area contributed by atoms with Crippen molar-refractivity contribution < 1.29 is 27.5 Å². The number of imidazole rings is 1. The Kier molecular flexibility index (Phi) is 4.80. The summed E-state index contributed by atoms with van der Waals surface area (Å²) in [6.45, 7) is -0.620. The molecule has 1 aliphatic rings. The van der Waals surface area contributed by atoms with Crippen molar-refractivity contribution in [3.05, 3.63) is 59.7 Å². The summed E-state index contributed by atoms with van der Waals surface area (Å²) >= 11 is 0. The number of methoxy groups -OCH3 is 1.